The Morgan fingerprint density at radius 2 is 1.25 bits per heavy atom. The van der Waals surface area contributed by atoms with Crippen molar-refractivity contribution < 1.29 is 9.47 Å². The van der Waals surface area contributed by atoms with Gasteiger partial charge in [-0.25, -0.2) is 0 Å². The van der Waals surface area contributed by atoms with Crippen LogP contribution in [0.25, 0.3) is 0 Å². The summed E-state index contributed by atoms with van der Waals surface area (Å²) in [7, 11) is 0. The Morgan fingerprint density at radius 1 is 0.917 bits per heavy atom. The lowest BCUT2D eigenvalue weighted by atomic mass is 10.6. The highest BCUT2D eigenvalue weighted by molar-refractivity contribution is 5.78. The number of ether oxygens (including phenoxy) is 2. The van der Waals surface area contributed by atoms with Gasteiger partial charge >= 0.3 is 0 Å². The topological polar surface area (TPSA) is 118 Å². The maximum Gasteiger partial charge on any atom is 0.117 e. The summed E-state index contributed by atoms with van der Waals surface area (Å²) < 4.78 is 9.78. The van der Waals surface area contributed by atoms with E-state index >= 15 is 0 Å². The van der Waals surface area contributed by atoms with Crippen molar-refractivity contribution in [2.45, 2.75) is 0 Å². The van der Waals surface area contributed by atoms with Crippen LogP contribution >= 0.6 is 0 Å². The molecule has 0 aromatic rings. The van der Waals surface area contributed by atoms with Crippen molar-refractivity contribution >= 4 is 11.7 Å². The Morgan fingerprint density at radius 3 is 1.50 bits per heavy atom. The third-order valence-corrected chi connectivity index (χ3v) is 0.887. The Kier molecular flexibility index (Phi) is 5.94. The molecule has 0 saturated heterocycles. The fraction of sp³-hybridized carbons (Fsp3) is 0.667. The summed E-state index contributed by atoms with van der Waals surface area (Å²) in [5.74, 6) is -0.0249. The smallest absolute Gasteiger partial charge is 0.117 e. The van der Waals surface area contributed by atoms with Gasteiger partial charge < -0.3 is 20.9 Å². The molecule has 0 aliphatic rings. The van der Waals surface area contributed by atoms with Gasteiger partial charge in [-0.1, -0.05) is 0 Å². The van der Waals surface area contributed by atoms with Crippen LogP contribution < -0.4 is 11.5 Å². The molecule has 0 rings (SSSR count). The molecular formula is C6H14N4O2. The van der Waals surface area contributed by atoms with E-state index in [2.05, 4.69) is 0 Å². The predicted molar refractivity (Wildman–Crippen MR) is 45.5 cm³/mol. The van der Waals surface area contributed by atoms with Gasteiger partial charge in [0.25, 0.3) is 0 Å². The number of nitrogens with one attached hydrogen (secondary N) is 2. The molecule has 0 aliphatic heterocycles. The van der Waals surface area contributed by atoms with Crippen LogP contribution in [0.4, 0.5) is 0 Å². The summed E-state index contributed by atoms with van der Waals surface area (Å²) >= 11 is 0. The van der Waals surface area contributed by atoms with Gasteiger partial charge in [0.1, 0.15) is 24.9 Å². The summed E-state index contributed by atoms with van der Waals surface area (Å²) in [4.78, 5) is 0. The zero-order chi connectivity index (χ0) is 9.40. The minimum atomic E-state index is -0.0124. The average molecular weight is 174 g/mol. The van der Waals surface area contributed by atoms with E-state index in [1.165, 1.54) is 0 Å². The first-order chi connectivity index (χ1) is 5.63. The third-order valence-electron chi connectivity index (χ3n) is 0.887. The van der Waals surface area contributed by atoms with Crippen molar-refractivity contribution in [3.63, 3.8) is 0 Å². The number of nitrogens with two attached hydrogens (primary N) is 2. The lowest BCUT2D eigenvalue weighted by molar-refractivity contribution is 0.0782. The van der Waals surface area contributed by atoms with Gasteiger partial charge in [-0.15, -0.1) is 0 Å². The molecule has 6 nitrogen and oxygen atoms in total. The van der Waals surface area contributed by atoms with Crippen LogP contribution in [-0.4, -0.2) is 38.1 Å². The molecule has 0 bridgehead atoms. The molecular weight excluding hydrogens is 160 g/mol. The average Bonchev–Trinajstić information content (AvgIpc) is 1.95. The van der Waals surface area contributed by atoms with E-state index in [1.807, 2.05) is 0 Å². The first-order valence-electron chi connectivity index (χ1n) is 3.44. The second kappa shape index (κ2) is 6.56. The Balaban J connectivity index is 3.01. The highest BCUT2D eigenvalue weighted by Gasteiger charge is 1.92. The van der Waals surface area contributed by atoms with Crippen LogP contribution in [0.3, 0.4) is 0 Å². The summed E-state index contributed by atoms with van der Waals surface area (Å²) in [5.41, 5.74) is 10.0. The van der Waals surface area contributed by atoms with Gasteiger partial charge in [0.05, 0.1) is 13.2 Å². The van der Waals surface area contributed by atoms with E-state index in [0.29, 0.717) is 13.2 Å². The molecule has 0 aliphatic carbocycles. The second-order valence-corrected chi connectivity index (χ2v) is 2.16. The summed E-state index contributed by atoms with van der Waals surface area (Å²) in [6.45, 7) is 0.937. The Bertz CT molecular complexity index is 142. The third kappa shape index (κ3) is 8.86. The van der Waals surface area contributed by atoms with Gasteiger partial charge in [-0.3, -0.25) is 10.8 Å². The molecule has 12 heavy (non-hydrogen) atoms. The Labute approximate surface area is 70.8 Å². The van der Waals surface area contributed by atoms with Crippen molar-refractivity contribution in [2.24, 2.45) is 11.5 Å². The lowest BCUT2D eigenvalue weighted by Gasteiger charge is -2.03. The summed E-state index contributed by atoms with van der Waals surface area (Å²) in [5, 5.41) is 13.6. The van der Waals surface area contributed by atoms with Crippen molar-refractivity contribution in [1.82, 2.24) is 0 Å². The summed E-state index contributed by atoms with van der Waals surface area (Å²) in [6, 6.07) is 0. The Hall–Kier alpha value is -1.14. The number of hydrogen-bond donors (Lipinski definition) is 4. The van der Waals surface area contributed by atoms with E-state index in [1.54, 1.807) is 0 Å². The van der Waals surface area contributed by atoms with Crippen LogP contribution in [0.5, 0.6) is 0 Å². The van der Waals surface area contributed by atoms with Crippen LogP contribution in [0.1, 0.15) is 0 Å². The normalized spacial score (nSPS) is 9.67. The first-order valence-corrected chi connectivity index (χ1v) is 3.44. The van der Waals surface area contributed by atoms with Crippen LogP contribution in [0.15, 0.2) is 0 Å². The molecule has 0 radical (unpaired) electrons. The molecule has 0 amide bonds. The molecule has 6 N–H and O–H groups in total. The number of rotatable bonds is 7. The molecule has 0 saturated carbocycles. The van der Waals surface area contributed by atoms with Gasteiger partial charge in [0.15, 0.2) is 0 Å². The molecule has 0 atom stereocenters. The maximum atomic E-state index is 6.80. The lowest BCUT2D eigenvalue weighted by Crippen LogP contribution is -2.21. The van der Waals surface area contributed by atoms with Gasteiger partial charge in [0.2, 0.25) is 0 Å². The van der Waals surface area contributed by atoms with Crippen molar-refractivity contribution in [3.8, 4) is 0 Å². The standard InChI is InChI=1S/C6H14N4O2/c7-5(8)3-11-1-2-12-4-6(9)10/h1-4H2,(H3,7,8)(H3,9,10). The number of amidine groups is 2. The minimum Gasteiger partial charge on any atom is -0.386 e. The zero-order valence-corrected chi connectivity index (χ0v) is 6.80. The molecule has 6 heteroatoms. The highest BCUT2D eigenvalue weighted by Crippen LogP contribution is 1.77. The SMILES string of the molecule is N=C(N)COCCOCC(=N)N. The molecule has 0 heterocycles. The maximum absolute atomic E-state index is 6.80. The van der Waals surface area contributed by atoms with Gasteiger partial charge in [-0.05, 0) is 0 Å². The summed E-state index contributed by atoms with van der Waals surface area (Å²) in [6.07, 6.45) is 0. The van der Waals surface area contributed by atoms with E-state index in [9.17, 15) is 0 Å². The van der Waals surface area contributed by atoms with Gasteiger partial charge in [0, 0.05) is 0 Å². The van der Waals surface area contributed by atoms with E-state index in [-0.39, 0.29) is 24.9 Å². The largest absolute Gasteiger partial charge is 0.386 e. The molecule has 0 spiro atoms. The van der Waals surface area contributed by atoms with Crippen LogP contribution in [-0.2, 0) is 9.47 Å². The van der Waals surface area contributed by atoms with Crippen LogP contribution in [0, 0.1) is 10.8 Å². The predicted octanol–water partition coefficient (Wildman–Crippen LogP) is -1.11. The molecule has 0 aromatic heterocycles. The van der Waals surface area contributed by atoms with Gasteiger partial charge in [-0.2, -0.15) is 0 Å². The zero-order valence-electron chi connectivity index (χ0n) is 6.80. The fourth-order valence-electron chi connectivity index (χ4n) is 0.482. The van der Waals surface area contributed by atoms with E-state index < -0.39 is 0 Å². The quantitative estimate of drug-likeness (QED) is 0.222. The molecule has 0 unspecified atom stereocenters. The van der Waals surface area contributed by atoms with E-state index in [4.69, 9.17) is 31.8 Å². The molecule has 0 aromatic carbocycles. The highest BCUT2D eigenvalue weighted by atomic mass is 16.5. The minimum absolute atomic E-state index is 0.0124. The number of hydrogen-bond acceptors (Lipinski definition) is 4. The molecule has 70 valence electrons. The van der Waals surface area contributed by atoms with Crippen molar-refractivity contribution in [3.05, 3.63) is 0 Å². The fourth-order valence-corrected chi connectivity index (χ4v) is 0.482. The second-order valence-electron chi connectivity index (χ2n) is 2.16. The van der Waals surface area contributed by atoms with Crippen molar-refractivity contribution in [1.29, 1.82) is 10.8 Å². The monoisotopic (exact) mass is 174 g/mol. The van der Waals surface area contributed by atoms with Crippen molar-refractivity contribution in [2.75, 3.05) is 26.4 Å². The van der Waals surface area contributed by atoms with Crippen LogP contribution in [0.2, 0.25) is 0 Å². The first kappa shape index (κ1) is 10.9. The molecule has 0 fully saturated rings. The van der Waals surface area contributed by atoms with E-state index in [0.717, 1.165) is 0 Å².